The third-order valence-corrected chi connectivity index (χ3v) is 6.18. The zero-order valence-corrected chi connectivity index (χ0v) is 13.6. The molecule has 0 aliphatic carbocycles. The first-order valence-electron chi connectivity index (χ1n) is 7.35. The Balaban J connectivity index is 1.71. The van der Waals surface area contributed by atoms with Gasteiger partial charge in [0.05, 0.1) is 10.9 Å². The van der Waals surface area contributed by atoms with E-state index in [4.69, 9.17) is 10.4 Å². The average Bonchev–Trinajstić information content (AvgIpc) is 2.91. The lowest BCUT2D eigenvalue weighted by Gasteiger charge is -2.34. The Morgan fingerprint density at radius 1 is 1.36 bits per heavy atom. The first kappa shape index (κ1) is 15.3. The van der Waals surface area contributed by atoms with Gasteiger partial charge in [-0.3, -0.25) is 4.90 Å². The molecule has 0 saturated carbocycles. The maximum absolute atomic E-state index is 11.6. The SMILES string of the molecule is CC1Nc2nonc2C(N)=C1CN1CCC(S(C)(=O)=O)CC1. The molecule has 0 spiro atoms. The lowest BCUT2D eigenvalue weighted by atomic mass is 9.99. The van der Waals surface area contributed by atoms with E-state index in [-0.39, 0.29) is 11.3 Å². The number of likely N-dealkylation sites (tertiary alicyclic amines) is 1. The number of aromatic nitrogens is 2. The molecular weight excluding hydrogens is 306 g/mol. The number of hydrogen-bond donors (Lipinski definition) is 2. The second-order valence-electron chi connectivity index (χ2n) is 6.07. The highest BCUT2D eigenvalue weighted by atomic mass is 32.2. The van der Waals surface area contributed by atoms with Crippen LogP contribution < -0.4 is 11.1 Å². The van der Waals surface area contributed by atoms with Crippen molar-refractivity contribution in [3.05, 3.63) is 11.3 Å². The van der Waals surface area contributed by atoms with Gasteiger partial charge in [0.15, 0.2) is 5.69 Å². The van der Waals surface area contributed by atoms with Gasteiger partial charge in [-0.15, -0.1) is 0 Å². The van der Waals surface area contributed by atoms with Crippen LogP contribution in [0.25, 0.3) is 5.70 Å². The smallest absolute Gasteiger partial charge is 0.200 e. The molecule has 0 aromatic carbocycles. The van der Waals surface area contributed by atoms with E-state index < -0.39 is 9.84 Å². The molecular formula is C13H21N5O3S. The van der Waals surface area contributed by atoms with Gasteiger partial charge >= 0.3 is 0 Å². The molecule has 3 rings (SSSR count). The summed E-state index contributed by atoms with van der Waals surface area (Å²) in [5.74, 6) is 0.574. The minimum atomic E-state index is -2.94. The highest BCUT2D eigenvalue weighted by Crippen LogP contribution is 2.29. The fourth-order valence-corrected chi connectivity index (χ4v) is 4.16. The molecule has 0 bridgehead atoms. The van der Waals surface area contributed by atoms with Crippen LogP contribution in [0.15, 0.2) is 10.2 Å². The predicted molar refractivity (Wildman–Crippen MR) is 82.8 cm³/mol. The van der Waals surface area contributed by atoms with Gasteiger partial charge in [0.2, 0.25) is 5.82 Å². The molecule has 2 aliphatic rings. The van der Waals surface area contributed by atoms with Crippen LogP contribution in [0.5, 0.6) is 0 Å². The third kappa shape index (κ3) is 2.82. The molecule has 22 heavy (non-hydrogen) atoms. The van der Waals surface area contributed by atoms with Crippen LogP contribution >= 0.6 is 0 Å². The summed E-state index contributed by atoms with van der Waals surface area (Å²) in [7, 11) is -2.94. The lowest BCUT2D eigenvalue weighted by molar-refractivity contribution is 0.245. The minimum Gasteiger partial charge on any atom is -0.397 e. The molecule has 1 aromatic heterocycles. The van der Waals surface area contributed by atoms with Crippen molar-refractivity contribution in [3.63, 3.8) is 0 Å². The fraction of sp³-hybridized carbons (Fsp3) is 0.692. The summed E-state index contributed by atoms with van der Waals surface area (Å²) in [5.41, 5.74) is 8.40. The quantitative estimate of drug-likeness (QED) is 0.801. The number of anilines is 1. The normalized spacial score (nSPS) is 24.2. The van der Waals surface area contributed by atoms with E-state index in [9.17, 15) is 8.42 Å². The monoisotopic (exact) mass is 327 g/mol. The molecule has 3 N–H and O–H groups in total. The van der Waals surface area contributed by atoms with Crippen molar-refractivity contribution >= 4 is 21.4 Å². The molecule has 122 valence electrons. The number of piperidine rings is 1. The first-order chi connectivity index (χ1) is 10.4. The van der Waals surface area contributed by atoms with Gasteiger partial charge in [-0.1, -0.05) is 0 Å². The van der Waals surface area contributed by atoms with Gasteiger partial charge in [-0.05, 0) is 48.7 Å². The third-order valence-electron chi connectivity index (χ3n) is 4.50. The second kappa shape index (κ2) is 5.54. The van der Waals surface area contributed by atoms with Crippen molar-refractivity contribution in [2.45, 2.75) is 31.1 Å². The maximum atomic E-state index is 11.6. The predicted octanol–water partition coefficient (Wildman–Crippen LogP) is 0.0624. The fourth-order valence-electron chi connectivity index (χ4n) is 3.10. The number of sulfone groups is 1. The second-order valence-corrected chi connectivity index (χ2v) is 8.40. The summed E-state index contributed by atoms with van der Waals surface area (Å²) in [6.45, 7) is 4.22. The summed E-state index contributed by atoms with van der Waals surface area (Å²) in [6, 6.07) is 0.0482. The molecule has 1 fully saturated rings. The Bertz CT molecular complexity index is 688. The van der Waals surface area contributed by atoms with Gasteiger partial charge < -0.3 is 11.1 Å². The Morgan fingerprint density at radius 3 is 2.68 bits per heavy atom. The standard InChI is InChI=1S/C13H21N5O3S/c1-8-10(11(14)12-13(15-8)17-21-16-12)7-18-5-3-9(4-6-18)22(2,19)20/h8-9H,3-7,14H2,1-2H3,(H,15,17). The van der Waals surface area contributed by atoms with Crippen LogP contribution in [0.4, 0.5) is 5.82 Å². The Labute approximate surface area is 129 Å². The number of nitrogens with zero attached hydrogens (tertiary/aromatic N) is 3. The van der Waals surface area contributed by atoms with Crippen LogP contribution in [0, 0.1) is 0 Å². The van der Waals surface area contributed by atoms with Crippen LogP contribution in [0.2, 0.25) is 0 Å². The molecule has 1 unspecified atom stereocenters. The lowest BCUT2D eigenvalue weighted by Crippen LogP contribution is -2.42. The molecule has 9 heteroatoms. The molecule has 0 radical (unpaired) electrons. The first-order valence-corrected chi connectivity index (χ1v) is 9.31. The minimum absolute atomic E-state index is 0.0482. The summed E-state index contributed by atoms with van der Waals surface area (Å²) in [4.78, 5) is 2.24. The van der Waals surface area contributed by atoms with Gasteiger partial charge in [0.25, 0.3) is 0 Å². The van der Waals surface area contributed by atoms with E-state index in [1.807, 2.05) is 6.92 Å². The van der Waals surface area contributed by atoms with Gasteiger partial charge in [0.1, 0.15) is 9.84 Å². The highest BCUT2D eigenvalue weighted by molar-refractivity contribution is 7.91. The molecule has 1 saturated heterocycles. The summed E-state index contributed by atoms with van der Waals surface area (Å²) in [5, 5.41) is 10.6. The van der Waals surface area contributed by atoms with E-state index in [1.54, 1.807) is 0 Å². The average molecular weight is 327 g/mol. The number of nitrogens with two attached hydrogens (primary N) is 1. The van der Waals surface area contributed by atoms with E-state index >= 15 is 0 Å². The Morgan fingerprint density at radius 2 is 2.05 bits per heavy atom. The maximum Gasteiger partial charge on any atom is 0.200 e. The van der Waals surface area contributed by atoms with Crippen molar-refractivity contribution in [3.8, 4) is 0 Å². The van der Waals surface area contributed by atoms with Gasteiger partial charge in [-0.2, -0.15) is 0 Å². The number of rotatable bonds is 3. The van der Waals surface area contributed by atoms with Gasteiger partial charge in [0, 0.05) is 18.8 Å². The van der Waals surface area contributed by atoms with E-state index in [1.165, 1.54) is 6.26 Å². The van der Waals surface area contributed by atoms with Crippen LogP contribution in [-0.2, 0) is 9.84 Å². The van der Waals surface area contributed by atoms with Crippen molar-refractivity contribution in [2.75, 3.05) is 31.2 Å². The van der Waals surface area contributed by atoms with Crippen molar-refractivity contribution < 1.29 is 13.0 Å². The summed E-state index contributed by atoms with van der Waals surface area (Å²) >= 11 is 0. The Hall–Kier alpha value is -1.61. The largest absolute Gasteiger partial charge is 0.397 e. The van der Waals surface area contributed by atoms with Crippen molar-refractivity contribution in [1.82, 2.24) is 15.2 Å². The topological polar surface area (TPSA) is 114 Å². The zero-order chi connectivity index (χ0) is 15.9. The van der Waals surface area contributed by atoms with Crippen LogP contribution in [-0.4, -0.2) is 60.8 Å². The van der Waals surface area contributed by atoms with Crippen molar-refractivity contribution in [2.24, 2.45) is 5.73 Å². The van der Waals surface area contributed by atoms with Crippen molar-refractivity contribution in [1.29, 1.82) is 0 Å². The summed E-state index contributed by atoms with van der Waals surface area (Å²) in [6.07, 6.45) is 2.66. The number of fused-ring (bicyclic) bond motifs is 1. The molecule has 0 amide bonds. The molecule has 3 heterocycles. The van der Waals surface area contributed by atoms with Gasteiger partial charge in [-0.25, -0.2) is 13.0 Å². The summed E-state index contributed by atoms with van der Waals surface area (Å²) < 4.78 is 27.9. The van der Waals surface area contributed by atoms with Crippen LogP contribution in [0.1, 0.15) is 25.5 Å². The highest BCUT2D eigenvalue weighted by Gasteiger charge is 2.31. The molecule has 1 atom stereocenters. The molecule has 1 aromatic rings. The number of nitrogens with one attached hydrogen (secondary N) is 1. The molecule has 2 aliphatic heterocycles. The van der Waals surface area contributed by atoms with E-state index in [0.717, 1.165) is 18.7 Å². The Kier molecular flexibility index (Phi) is 3.85. The van der Waals surface area contributed by atoms with E-state index in [2.05, 4.69) is 20.5 Å². The molecule has 8 nitrogen and oxygen atoms in total. The van der Waals surface area contributed by atoms with Crippen LogP contribution in [0.3, 0.4) is 0 Å². The van der Waals surface area contributed by atoms with E-state index in [0.29, 0.717) is 36.6 Å². The zero-order valence-electron chi connectivity index (χ0n) is 12.7. The number of hydrogen-bond acceptors (Lipinski definition) is 8.